The van der Waals surface area contributed by atoms with E-state index in [1.165, 1.54) is 38.5 Å². The normalized spacial score (nSPS) is 41.5. The molecule has 5 saturated carbocycles. The molecule has 1 heterocycles. The molecule has 6 fully saturated rings. The predicted octanol–water partition coefficient (Wildman–Crippen LogP) is 3.23. The Bertz CT molecular complexity index is 965. The van der Waals surface area contributed by atoms with Crippen molar-refractivity contribution in [1.29, 1.82) is 0 Å². The predicted molar refractivity (Wildman–Crippen MR) is 126 cm³/mol. The maximum Gasteiger partial charge on any atom is 0.265 e. The van der Waals surface area contributed by atoms with E-state index < -0.39 is 6.04 Å². The SMILES string of the molecule is C[C@@H]1[C@@H](NC(=S)NC(=O)C[C@H]2CC3C[C@@]45CC2C[C@@]4(C3)C5)C(=O)N(c2ccccc2)N1C. The molecule has 5 aliphatic carbocycles. The Kier molecular flexibility index (Phi) is 4.51. The quantitative estimate of drug-likeness (QED) is 0.687. The number of hydrogen-bond donors (Lipinski definition) is 2. The molecule has 4 bridgehead atoms. The van der Waals surface area contributed by atoms with E-state index in [4.69, 9.17) is 12.2 Å². The summed E-state index contributed by atoms with van der Waals surface area (Å²) in [5.74, 6) is 1.95. The molecule has 7 heteroatoms. The second-order valence-electron chi connectivity index (χ2n) is 11.2. The highest BCUT2D eigenvalue weighted by Gasteiger charge is 2.77. The fraction of sp³-hybridized carbons (Fsp3) is 0.640. The summed E-state index contributed by atoms with van der Waals surface area (Å²) >= 11 is 5.45. The number of hydrogen-bond acceptors (Lipinski definition) is 4. The molecule has 0 radical (unpaired) electrons. The van der Waals surface area contributed by atoms with Crippen LogP contribution in [-0.4, -0.2) is 41.1 Å². The van der Waals surface area contributed by atoms with Gasteiger partial charge in [0.1, 0.15) is 6.04 Å². The summed E-state index contributed by atoms with van der Waals surface area (Å²) in [6.45, 7) is 1.99. The maximum absolute atomic E-state index is 13.1. The minimum absolute atomic E-state index is 0.00917. The smallest absolute Gasteiger partial charge is 0.265 e. The first-order valence-electron chi connectivity index (χ1n) is 12.0. The highest BCUT2D eigenvalue weighted by Crippen LogP contribution is 2.86. The third-order valence-corrected chi connectivity index (χ3v) is 9.71. The van der Waals surface area contributed by atoms with Crippen molar-refractivity contribution < 1.29 is 9.59 Å². The average molecular weight is 453 g/mol. The number of anilines is 1. The fourth-order valence-corrected chi connectivity index (χ4v) is 8.34. The summed E-state index contributed by atoms with van der Waals surface area (Å²) in [6.07, 6.45) is 8.74. The molecule has 1 saturated heterocycles. The van der Waals surface area contributed by atoms with E-state index in [1.54, 1.807) is 5.01 Å². The summed E-state index contributed by atoms with van der Waals surface area (Å²) in [6, 6.07) is 9.00. The third-order valence-electron chi connectivity index (χ3n) is 9.49. The maximum atomic E-state index is 13.1. The van der Waals surface area contributed by atoms with Crippen molar-refractivity contribution in [2.45, 2.75) is 64.0 Å². The Morgan fingerprint density at radius 3 is 2.53 bits per heavy atom. The lowest BCUT2D eigenvalue weighted by molar-refractivity contribution is -0.121. The molecule has 170 valence electrons. The molecule has 7 rings (SSSR count). The van der Waals surface area contributed by atoms with Gasteiger partial charge in [-0.15, -0.1) is 0 Å². The van der Waals surface area contributed by atoms with E-state index in [-0.39, 0.29) is 23.0 Å². The number of carbonyl (C=O) groups excluding carboxylic acids is 2. The minimum Gasteiger partial charge on any atom is -0.349 e. The van der Waals surface area contributed by atoms with Crippen LogP contribution in [0.3, 0.4) is 0 Å². The van der Waals surface area contributed by atoms with Gasteiger partial charge in [-0.05, 0) is 98.4 Å². The number of nitrogens with zero attached hydrogens (tertiary/aromatic N) is 2. The number of nitrogens with one attached hydrogen (secondary N) is 2. The molecule has 1 aromatic carbocycles. The number of hydrazine groups is 1. The van der Waals surface area contributed by atoms with Gasteiger partial charge in [0.15, 0.2) is 5.11 Å². The zero-order valence-corrected chi connectivity index (χ0v) is 19.7. The van der Waals surface area contributed by atoms with Crippen molar-refractivity contribution in [3.63, 3.8) is 0 Å². The second kappa shape index (κ2) is 7.00. The number of carbonyl (C=O) groups is 2. The van der Waals surface area contributed by atoms with Gasteiger partial charge >= 0.3 is 0 Å². The summed E-state index contributed by atoms with van der Waals surface area (Å²) < 4.78 is 0. The Hall–Kier alpha value is -1.99. The van der Waals surface area contributed by atoms with Crippen molar-refractivity contribution in [3.05, 3.63) is 30.3 Å². The fourth-order valence-electron chi connectivity index (χ4n) is 8.09. The van der Waals surface area contributed by atoms with Crippen LogP contribution >= 0.6 is 12.2 Å². The molecule has 1 aliphatic heterocycles. The number of rotatable bonds is 4. The Balaban J connectivity index is 1.06. The van der Waals surface area contributed by atoms with Gasteiger partial charge in [0.05, 0.1) is 11.7 Å². The lowest BCUT2D eigenvalue weighted by Gasteiger charge is -2.26. The summed E-state index contributed by atoms with van der Waals surface area (Å²) in [5, 5.41) is 9.84. The summed E-state index contributed by atoms with van der Waals surface area (Å²) in [7, 11) is 1.90. The van der Waals surface area contributed by atoms with E-state index in [1.807, 2.05) is 49.3 Å². The van der Waals surface area contributed by atoms with Crippen LogP contribution in [0.4, 0.5) is 5.69 Å². The molecule has 32 heavy (non-hydrogen) atoms. The summed E-state index contributed by atoms with van der Waals surface area (Å²) in [4.78, 5) is 26.0. The van der Waals surface area contributed by atoms with Crippen LogP contribution in [0, 0.1) is 28.6 Å². The van der Waals surface area contributed by atoms with Crippen molar-refractivity contribution in [3.8, 4) is 0 Å². The van der Waals surface area contributed by atoms with Gasteiger partial charge < -0.3 is 10.6 Å². The second-order valence-corrected chi connectivity index (χ2v) is 11.6. The van der Waals surface area contributed by atoms with Gasteiger partial charge in [-0.25, -0.2) is 10.0 Å². The molecule has 2 spiro atoms. The van der Waals surface area contributed by atoms with E-state index in [0.29, 0.717) is 29.1 Å². The molecule has 2 amide bonds. The van der Waals surface area contributed by atoms with Crippen LogP contribution in [0.2, 0.25) is 0 Å². The first-order chi connectivity index (χ1) is 15.3. The first kappa shape index (κ1) is 20.6. The largest absolute Gasteiger partial charge is 0.349 e. The monoisotopic (exact) mass is 452 g/mol. The van der Waals surface area contributed by atoms with Gasteiger partial charge in [0.2, 0.25) is 5.91 Å². The van der Waals surface area contributed by atoms with Crippen LogP contribution in [0.5, 0.6) is 0 Å². The van der Waals surface area contributed by atoms with Crippen LogP contribution in [0.15, 0.2) is 30.3 Å². The number of para-hydroxylation sites is 1. The van der Waals surface area contributed by atoms with Gasteiger partial charge in [-0.2, -0.15) is 0 Å². The van der Waals surface area contributed by atoms with Crippen LogP contribution < -0.4 is 15.6 Å². The third kappa shape index (κ3) is 2.97. The van der Waals surface area contributed by atoms with E-state index in [0.717, 1.165) is 11.6 Å². The van der Waals surface area contributed by atoms with Crippen molar-refractivity contribution in [2.75, 3.05) is 12.1 Å². The average Bonchev–Trinajstić information content (AvgIpc) is 3.07. The van der Waals surface area contributed by atoms with E-state index >= 15 is 0 Å². The summed E-state index contributed by atoms with van der Waals surface area (Å²) in [5.41, 5.74) is 2.16. The standard InChI is InChI=1S/C25H32N4O2S/c1-15-21(22(31)29(28(15)2)19-6-4-3-5-7-19)27-23(32)26-20(30)9-17-8-16-10-24-12-18(17)13-25(24,11-16)14-24/h3-7,15-18,21H,8-14H2,1-2H3,(H2,26,27,30,32)/t15-,16?,17-,18?,21-,24+,25+/m1/s1. The molecule has 6 nitrogen and oxygen atoms in total. The van der Waals surface area contributed by atoms with Gasteiger partial charge in [0, 0.05) is 13.5 Å². The molecule has 0 aromatic heterocycles. The number of fused-ring (bicyclic) bond motifs is 1. The minimum atomic E-state index is -0.501. The molecule has 5 atom stereocenters. The molecule has 1 aromatic rings. The van der Waals surface area contributed by atoms with Gasteiger partial charge in [0.25, 0.3) is 5.91 Å². The number of benzene rings is 1. The highest BCUT2D eigenvalue weighted by molar-refractivity contribution is 7.80. The molecule has 0 unspecified atom stereocenters. The Morgan fingerprint density at radius 2 is 1.84 bits per heavy atom. The lowest BCUT2D eigenvalue weighted by Crippen LogP contribution is -2.50. The van der Waals surface area contributed by atoms with Crippen molar-refractivity contribution in [2.24, 2.45) is 28.6 Å². The van der Waals surface area contributed by atoms with E-state index in [9.17, 15) is 9.59 Å². The van der Waals surface area contributed by atoms with Crippen LogP contribution in [-0.2, 0) is 9.59 Å². The topological polar surface area (TPSA) is 64.7 Å². The van der Waals surface area contributed by atoms with Gasteiger partial charge in [-0.1, -0.05) is 18.2 Å². The molecular formula is C25H32N4O2S. The number of likely N-dealkylation sites (N-methyl/N-ethyl adjacent to an activating group) is 1. The first-order valence-corrected chi connectivity index (χ1v) is 12.4. The van der Waals surface area contributed by atoms with Crippen molar-refractivity contribution >= 4 is 34.8 Å². The Morgan fingerprint density at radius 1 is 1.16 bits per heavy atom. The Labute approximate surface area is 195 Å². The number of amides is 2. The van der Waals surface area contributed by atoms with E-state index in [2.05, 4.69) is 10.6 Å². The van der Waals surface area contributed by atoms with Gasteiger partial charge in [-0.3, -0.25) is 9.59 Å². The molecule has 6 aliphatic rings. The zero-order chi connectivity index (χ0) is 22.3. The molecular weight excluding hydrogens is 420 g/mol. The zero-order valence-electron chi connectivity index (χ0n) is 18.8. The molecule has 2 N–H and O–H groups in total. The highest BCUT2D eigenvalue weighted by atomic mass is 32.1. The lowest BCUT2D eigenvalue weighted by atomic mass is 9.84. The number of thiocarbonyl (C=S) groups is 1. The van der Waals surface area contributed by atoms with Crippen LogP contribution in [0.1, 0.15) is 51.9 Å². The van der Waals surface area contributed by atoms with Crippen molar-refractivity contribution in [1.82, 2.24) is 15.6 Å². The van der Waals surface area contributed by atoms with Crippen LogP contribution in [0.25, 0.3) is 0 Å².